The fraction of sp³-hybridized carbons (Fsp3) is 0.273. The lowest BCUT2D eigenvalue weighted by Crippen LogP contribution is -2.04. The van der Waals surface area contributed by atoms with E-state index in [0.717, 1.165) is 5.69 Å². The highest BCUT2D eigenvalue weighted by atomic mass is 79.9. The van der Waals surface area contributed by atoms with Gasteiger partial charge in [-0.25, -0.2) is 4.68 Å². The van der Waals surface area contributed by atoms with Crippen LogP contribution in [0.3, 0.4) is 0 Å². The molecule has 6 nitrogen and oxygen atoms in total. The van der Waals surface area contributed by atoms with Gasteiger partial charge in [0.15, 0.2) is 0 Å². The van der Waals surface area contributed by atoms with Gasteiger partial charge in [0.1, 0.15) is 0 Å². The Kier molecular flexibility index (Phi) is 4.49. The second kappa shape index (κ2) is 6.12. The van der Waals surface area contributed by atoms with Gasteiger partial charge in [-0.05, 0) is 12.1 Å². The molecule has 0 aliphatic carbocycles. The molecule has 0 unspecified atom stereocenters. The van der Waals surface area contributed by atoms with Crippen LogP contribution in [0.2, 0.25) is 0 Å². The molecule has 19 heavy (non-hydrogen) atoms. The molecule has 2 aromatic rings. The van der Waals surface area contributed by atoms with E-state index in [1.54, 1.807) is 23.0 Å². The van der Waals surface area contributed by atoms with E-state index >= 15 is 0 Å². The molecule has 0 spiro atoms. The standard InChI is InChI=1S/C11H10BrClN4O2/c12-9-2-1-8(11(5-9)17(18)19)6-16-7-10(3-4-13)14-15-16/h1-2,5,7H,3-4,6H2. The molecule has 0 aliphatic rings. The van der Waals surface area contributed by atoms with Gasteiger partial charge in [-0.1, -0.05) is 21.1 Å². The van der Waals surface area contributed by atoms with Crippen LogP contribution in [-0.2, 0) is 13.0 Å². The first-order valence-corrected chi connectivity index (χ1v) is 6.80. The lowest BCUT2D eigenvalue weighted by atomic mass is 10.2. The van der Waals surface area contributed by atoms with Crippen molar-refractivity contribution in [3.63, 3.8) is 0 Å². The molecular formula is C11H10BrClN4O2. The molecule has 2 rings (SSSR count). The molecule has 1 aromatic heterocycles. The van der Waals surface area contributed by atoms with Crippen LogP contribution in [-0.4, -0.2) is 25.8 Å². The van der Waals surface area contributed by atoms with Crippen LogP contribution in [0.5, 0.6) is 0 Å². The van der Waals surface area contributed by atoms with Crippen molar-refractivity contribution in [3.8, 4) is 0 Å². The maximum Gasteiger partial charge on any atom is 0.275 e. The van der Waals surface area contributed by atoms with E-state index in [4.69, 9.17) is 11.6 Å². The van der Waals surface area contributed by atoms with Crippen molar-refractivity contribution in [2.24, 2.45) is 0 Å². The van der Waals surface area contributed by atoms with Gasteiger partial charge in [-0.2, -0.15) is 0 Å². The average molecular weight is 346 g/mol. The van der Waals surface area contributed by atoms with Gasteiger partial charge < -0.3 is 0 Å². The molecule has 0 saturated heterocycles. The summed E-state index contributed by atoms with van der Waals surface area (Å²) in [7, 11) is 0. The molecule has 0 amide bonds. The summed E-state index contributed by atoms with van der Waals surface area (Å²) in [6.45, 7) is 0.304. The van der Waals surface area contributed by atoms with Crippen LogP contribution in [0.25, 0.3) is 0 Å². The largest absolute Gasteiger partial charge is 0.275 e. The number of aromatic nitrogens is 3. The molecular weight excluding hydrogens is 336 g/mol. The van der Waals surface area contributed by atoms with E-state index in [-0.39, 0.29) is 5.69 Å². The van der Waals surface area contributed by atoms with Crippen molar-refractivity contribution < 1.29 is 4.92 Å². The summed E-state index contributed by atoms with van der Waals surface area (Å²) >= 11 is 8.84. The molecule has 1 heterocycles. The van der Waals surface area contributed by atoms with Gasteiger partial charge in [0.05, 0.1) is 22.7 Å². The zero-order valence-corrected chi connectivity index (χ0v) is 12.1. The lowest BCUT2D eigenvalue weighted by molar-refractivity contribution is -0.385. The zero-order chi connectivity index (χ0) is 13.8. The third-order valence-corrected chi connectivity index (χ3v) is 3.20. The molecule has 0 atom stereocenters. The van der Waals surface area contributed by atoms with Crippen LogP contribution < -0.4 is 0 Å². The molecule has 0 saturated carbocycles. The predicted octanol–water partition coefficient (Wildman–Crippen LogP) is 2.78. The molecule has 8 heteroatoms. The van der Waals surface area contributed by atoms with Crippen molar-refractivity contribution >= 4 is 33.2 Å². The van der Waals surface area contributed by atoms with Gasteiger partial charge in [-0.15, -0.1) is 16.7 Å². The second-order valence-corrected chi connectivity index (χ2v) is 5.17. The topological polar surface area (TPSA) is 73.8 Å². The number of hydrogen-bond acceptors (Lipinski definition) is 4. The number of aryl methyl sites for hydroxylation is 1. The van der Waals surface area contributed by atoms with Crippen molar-refractivity contribution in [1.82, 2.24) is 15.0 Å². The number of nitro groups is 1. The van der Waals surface area contributed by atoms with Gasteiger partial charge in [-0.3, -0.25) is 10.1 Å². The first-order chi connectivity index (χ1) is 9.10. The summed E-state index contributed by atoms with van der Waals surface area (Å²) < 4.78 is 2.24. The minimum Gasteiger partial charge on any atom is -0.258 e. The highest BCUT2D eigenvalue weighted by Crippen LogP contribution is 2.24. The third-order valence-electron chi connectivity index (χ3n) is 2.51. The molecule has 100 valence electrons. The normalized spacial score (nSPS) is 10.6. The quantitative estimate of drug-likeness (QED) is 0.474. The third kappa shape index (κ3) is 3.51. The number of benzene rings is 1. The monoisotopic (exact) mass is 344 g/mol. The van der Waals surface area contributed by atoms with Gasteiger partial charge in [0.2, 0.25) is 0 Å². The highest BCUT2D eigenvalue weighted by molar-refractivity contribution is 9.10. The maximum absolute atomic E-state index is 11.0. The smallest absolute Gasteiger partial charge is 0.258 e. The fourth-order valence-corrected chi connectivity index (χ4v) is 2.18. The van der Waals surface area contributed by atoms with Gasteiger partial charge in [0, 0.05) is 29.0 Å². The lowest BCUT2D eigenvalue weighted by Gasteiger charge is -2.03. The maximum atomic E-state index is 11.0. The van der Waals surface area contributed by atoms with E-state index in [1.807, 2.05) is 0 Å². The second-order valence-electron chi connectivity index (χ2n) is 3.88. The fourth-order valence-electron chi connectivity index (χ4n) is 1.64. The summed E-state index contributed by atoms with van der Waals surface area (Å²) in [5, 5.41) is 18.9. The van der Waals surface area contributed by atoms with Crippen LogP contribution in [0.1, 0.15) is 11.3 Å². The van der Waals surface area contributed by atoms with E-state index < -0.39 is 4.92 Å². The number of halogens is 2. The summed E-state index contributed by atoms with van der Waals surface area (Å²) in [4.78, 5) is 10.6. The minimum atomic E-state index is -0.406. The Morgan fingerprint density at radius 2 is 2.26 bits per heavy atom. The summed E-state index contributed by atoms with van der Waals surface area (Å²) in [5.74, 6) is 0.469. The Balaban J connectivity index is 2.24. The number of nitro benzene ring substituents is 1. The first-order valence-electron chi connectivity index (χ1n) is 5.48. The van der Waals surface area contributed by atoms with E-state index in [1.165, 1.54) is 6.07 Å². The molecule has 0 N–H and O–H groups in total. The van der Waals surface area contributed by atoms with Crippen LogP contribution >= 0.6 is 27.5 Å². The Morgan fingerprint density at radius 1 is 1.47 bits per heavy atom. The number of hydrogen-bond donors (Lipinski definition) is 0. The van der Waals surface area contributed by atoms with Crippen molar-refractivity contribution in [1.29, 1.82) is 0 Å². The average Bonchev–Trinajstić information content (AvgIpc) is 2.79. The SMILES string of the molecule is O=[N+]([O-])c1cc(Br)ccc1Cn1cc(CCCl)nn1. The first kappa shape index (κ1) is 14.0. The zero-order valence-electron chi connectivity index (χ0n) is 9.79. The van der Waals surface area contributed by atoms with Crippen molar-refractivity contribution in [2.75, 3.05) is 5.88 Å². The highest BCUT2D eigenvalue weighted by Gasteiger charge is 2.15. The van der Waals surface area contributed by atoms with E-state index in [2.05, 4.69) is 26.2 Å². The molecule has 0 aliphatic heterocycles. The summed E-state index contributed by atoms with van der Waals surface area (Å²) in [6.07, 6.45) is 2.37. The van der Waals surface area contributed by atoms with Crippen LogP contribution in [0.15, 0.2) is 28.9 Å². The summed E-state index contributed by atoms with van der Waals surface area (Å²) in [6, 6.07) is 4.94. The van der Waals surface area contributed by atoms with Gasteiger partial charge in [0.25, 0.3) is 5.69 Å². The van der Waals surface area contributed by atoms with Crippen molar-refractivity contribution in [3.05, 3.63) is 50.2 Å². The van der Waals surface area contributed by atoms with Gasteiger partial charge >= 0.3 is 0 Å². The Labute approximate surface area is 122 Å². The number of rotatable bonds is 5. The van der Waals surface area contributed by atoms with Crippen LogP contribution in [0, 0.1) is 10.1 Å². The van der Waals surface area contributed by atoms with Crippen LogP contribution in [0.4, 0.5) is 5.69 Å². The Hall–Kier alpha value is -1.47. The molecule has 0 radical (unpaired) electrons. The summed E-state index contributed by atoms with van der Waals surface area (Å²) in [5.41, 5.74) is 1.41. The molecule has 1 aromatic carbocycles. The number of alkyl halides is 1. The van der Waals surface area contributed by atoms with Crippen molar-refractivity contribution in [2.45, 2.75) is 13.0 Å². The number of nitrogens with zero attached hydrogens (tertiary/aromatic N) is 4. The Morgan fingerprint density at radius 3 is 2.95 bits per heavy atom. The molecule has 0 bridgehead atoms. The van der Waals surface area contributed by atoms with E-state index in [0.29, 0.717) is 28.9 Å². The van der Waals surface area contributed by atoms with E-state index in [9.17, 15) is 10.1 Å². The Bertz CT molecular complexity index is 602. The minimum absolute atomic E-state index is 0.0590. The predicted molar refractivity (Wildman–Crippen MR) is 74.3 cm³/mol. The molecule has 0 fully saturated rings.